The Bertz CT molecular complexity index is 594. The summed E-state index contributed by atoms with van der Waals surface area (Å²) >= 11 is 0. The zero-order chi connectivity index (χ0) is 15.4. The largest absolute Gasteiger partial charge is 0.481 e. The van der Waals surface area contributed by atoms with Crippen LogP contribution in [0.2, 0.25) is 0 Å². The molecule has 110 valence electrons. The summed E-state index contributed by atoms with van der Waals surface area (Å²) in [6.45, 7) is 0. The molecular weight excluding hydrogens is 276 g/mol. The Hall–Kier alpha value is -2.70. The zero-order valence-corrected chi connectivity index (χ0v) is 11.1. The van der Waals surface area contributed by atoms with Gasteiger partial charge < -0.3 is 10.4 Å². The van der Waals surface area contributed by atoms with E-state index in [1.165, 1.54) is 24.3 Å². The topological polar surface area (TPSA) is 110 Å². The lowest BCUT2D eigenvalue weighted by Crippen LogP contribution is -2.34. The second kappa shape index (κ2) is 6.17. The van der Waals surface area contributed by atoms with Gasteiger partial charge in [-0.3, -0.25) is 19.7 Å². The van der Waals surface area contributed by atoms with Crippen molar-refractivity contribution in [2.75, 3.05) is 5.32 Å². The fraction of sp³-hybridized carbons (Fsp3) is 0.286. The first kappa shape index (κ1) is 14.7. The lowest BCUT2D eigenvalue weighted by atomic mass is 9.83. The first-order valence-electron chi connectivity index (χ1n) is 6.44. The summed E-state index contributed by atoms with van der Waals surface area (Å²) in [7, 11) is 0. The molecule has 0 saturated carbocycles. The molecule has 0 saturated heterocycles. The van der Waals surface area contributed by atoms with Gasteiger partial charge in [0.15, 0.2) is 0 Å². The normalized spacial score (nSPS) is 20.8. The van der Waals surface area contributed by atoms with Crippen molar-refractivity contribution in [3.8, 4) is 0 Å². The second-order valence-electron chi connectivity index (χ2n) is 4.77. The van der Waals surface area contributed by atoms with Crippen molar-refractivity contribution in [3.63, 3.8) is 0 Å². The lowest BCUT2D eigenvalue weighted by Gasteiger charge is -2.23. The molecule has 0 spiro atoms. The number of carboxylic acids is 1. The van der Waals surface area contributed by atoms with Crippen molar-refractivity contribution < 1.29 is 19.6 Å². The minimum absolute atomic E-state index is 0.0750. The first-order chi connectivity index (χ1) is 9.99. The van der Waals surface area contributed by atoms with Crippen LogP contribution in [0.3, 0.4) is 0 Å². The highest BCUT2D eigenvalue weighted by Gasteiger charge is 2.33. The SMILES string of the molecule is O=C(Nc1ccc([N+](=O)[O-])cc1)C1C=CCCC1C(=O)O. The Morgan fingerprint density at radius 2 is 1.95 bits per heavy atom. The molecule has 1 aromatic carbocycles. The standard InChI is InChI=1S/C14H14N2O5/c17-13(11-3-1-2-4-12(11)14(18)19)15-9-5-7-10(8-6-9)16(20)21/h1,3,5-8,11-12H,2,4H2,(H,15,17)(H,18,19). The predicted molar refractivity (Wildman–Crippen MR) is 74.7 cm³/mol. The van der Waals surface area contributed by atoms with E-state index in [1.807, 2.05) is 0 Å². The number of carboxylic acid groups (broad SMARTS) is 1. The monoisotopic (exact) mass is 290 g/mol. The van der Waals surface area contributed by atoms with Gasteiger partial charge in [0.25, 0.3) is 5.69 Å². The van der Waals surface area contributed by atoms with Gasteiger partial charge in [-0.25, -0.2) is 0 Å². The molecule has 1 amide bonds. The Balaban J connectivity index is 2.09. The van der Waals surface area contributed by atoms with Gasteiger partial charge in [0.1, 0.15) is 0 Å². The molecule has 1 aromatic rings. The van der Waals surface area contributed by atoms with Crippen LogP contribution in [0.5, 0.6) is 0 Å². The number of nitro groups is 1. The maximum atomic E-state index is 12.1. The molecule has 0 heterocycles. The number of benzene rings is 1. The van der Waals surface area contributed by atoms with E-state index in [0.717, 1.165) is 0 Å². The summed E-state index contributed by atoms with van der Waals surface area (Å²) in [5, 5.41) is 22.3. The van der Waals surface area contributed by atoms with Gasteiger partial charge in [0.05, 0.1) is 16.8 Å². The Kier molecular flexibility index (Phi) is 4.32. The fourth-order valence-corrected chi connectivity index (χ4v) is 2.27. The quantitative estimate of drug-likeness (QED) is 0.502. The second-order valence-corrected chi connectivity index (χ2v) is 4.77. The predicted octanol–water partition coefficient (Wildman–Crippen LogP) is 2.20. The van der Waals surface area contributed by atoms with Crippen LogP contribution in [0.4, 0.5) is 11.4 Å². The molecule has 0 fully saturated rings. The summed E-state index contributed by atoms with van der Waals surface area (Å²) in [5.74, 6) is -2.89. The van der Waals surface area contributed by atoms with Gasteiger partial charge in [-0.15, -0.1) is 0 Å². The summed E-state index contributed by atoms with van der Waals surface area (Å²) in [5.41, 5.74) is 0.322. The van der Waals surface area contributed by atoms with Crippen LogP contribution in [0, 0.1) is 22.0 Å². The molecule has 0 radical (unpaired) electrons. The number of nitro benzene ring substituents is 1. The average Bonchev–Trinajstić information content (AvgIpc) is 2.47. The third kappa shape index (κ3) is 3.44. The van der Waals surface area contributed by atoms with E-state index in [1.54, 1.807) is 12.2 Å². The maximum absolute atomic E-state index is 12.1. The molecule has 0 aliphatic heterocycles. The average molecular weight is 290 g/mol. The fourth-order valence-electron chi connectivity index (χ4n) is 2.27. The minimum Gasteiger partial charge on any atom is -0.481 e. The molecule has 0 aromatic heterocycles. The Morgan fingerprint density at radius 3 is 2.52 bits per heavy atom. The zero-order valence-electron chi connectivity index (χ0n) is 11.1. The van der Waals surface area contributed by atoms with Gasteiger partial charge in [-0.1, -0.05) is 12.2 Å². The molecule has 1 aliphatic rings. The van der Waals surface area contributed by atoms with Crippen molar-refractivity contribution in [2.24, 2.45) is 11.8 Å². The van der Waals surface area contributed by atoms with Crippen LogP contribution in [0.1, 0.15) is 12.8 Å². The molecule has 0 bridgehead atoms. The summed E-state index contributed by atoms with van der Waals surface area (Å²) in [6.07, 6.45) is 4.45. The van der Waals surface area contributed by atoms with Crippen molar-refractivity contribution in [1.82, 2.24) is 0 Å². The Labute approximate surface area is 120 Å². The van der Waals surface area contributed by atoms with Crippen LogP contribution >= 0.6 is 0 Å². The third-order valence-electron chi connectivity index (χ3n) is 3.39. The summed E-state index contributed by atoms with van der Waals surface area (Å²) < 4.78 is 0. The van der Waals surface area contributed by atoms with Crippen molar-refractivity contribution in [2.45, 2.75) is 12.8 Å². The number of amides is 1. The lowest BCUT2D eigenvalue weighted by molar-refractivity contribution is -0.384. The molecule has 2 atom stereocenters. The van der Waals surface area contributed by atoms with Crippen molar-refractivity contribution in [1.29, 1.82) is 0 Å². The van der Waals surface area contributed by atoms with Crippen LogP contribution in [-0.4, -0.2) is 21.9 Å². The van der Waals surface area contributed by atoms with E-state index in [4.69, 9.17) is 5.11 Å². The third-order valence-corrected chi connectivity index (χ3v) is 3.39. The number of allylic oxidation sites excluding steroid dienone is 1. The van der Waals surface area contributed by atoms with Crippen LogP contribution < -0.4 is 5.32 Å². The number of carbonyl (C=O) groups excluding carboxylic acids is 1. The number of hydrogen-bond donors (Lipinski definition) is 2. The van der Waals surface area contributed by atoms with Gasteiger partial charge in [-0.05, 0) is 25.0 Å². The highest BCUT2D eigenvalue weighted by Crippen LogP contribution is 2.26. The number of rotatable bonds is 4. The highest BCUT2D eigenvalue weighted by atomic mass is 16.6. The van der Waals surface area contributed by atoms with E-state index in [2.05, 4.69) is 5.32 Å². The molecular formula is C14H14N2O5. The number of hydrogen-bond acceptors (Lipinski definition) is 4. The number of aliphatic carboxylic acids is 1. The molecule has 2 N–H and O–H groups in total. The Morgan fingerprint density at radius 1 is 1.29 bits per heavy atom. The number of non-ortho nitro benzene ring substituents is 1. The van der Waals surface area contributed by atoms with E-state index in [9.17, 15) is 19.7 Å². The van der Waals surface area contributed by atoms with E-state index < -0.39 is 28.6 Å². The van der Waals surface area contributed by atoms with Crippen LogP contribution in [0.15, 0.2) is 36.4 Å². The minimum atomic E-state index is -0.997. The van der Waals surface area contributed by atoms with Crippen LogP contribution in [0.25, 0.3) is 0 Å². The first-order valence-corrected chi connectivity index (χ1v) is 6.44. The molecule has 2 unspecified atom stereocenters. The number of carbonyl (C=O) groups is 2. The van der Waals surface area contributed by atoms with Gasteiger partial charge in [-0.2, -0.15) is 0 Å². The molecule has 2 rings (SSSR count). The van der Waals surface area contributed by atoms with Gasteiger partial charge in [0.2, 0.25) is 5.91 Å². The molecule has 7 nitrogen and oxygen atoms in total. The van der Waals surface area contributed by atoms with Gasteiger partial charge >= 0.3 is 5.97 Å². The van der Waals surface area contributed by atoms with Crippen molar-refractivity contribution >= 4 is 23.3 Å². The molecule has 7 heteroatoms. The summed E-state index contributed by atoms with van der Waals surface area (Å²) in [4.78, 5) is 33.3. The number of nitrogens with one attached hydrogen (secondary N) is 1. The number of anilines is 1. The van der Waals surface area contributed by atoms with Gasteiger partial charge in [0, 0.05) is 17.8 Å². The summed E-state index contributed by atoms with van der Waals surface area (Å²) in [6, 6.07) is 5.39. The van der Waals surface area contributed by atoms with E-state index in [-0.39, 0.29) is 5.69 Å². The van der Waals surface area contributed by atoms with Crippen molar-refractivity contribution in [3.05, 3.63) is 46.5 Å². The highest BCUT2D eigenvalue weighted by molar-refractivity contribution is 5.96. The molecule has 1 aliphatic carbocycles. The van der Waals surface area contributed by atoms with E-state index in [0.29, 0.717) is 18.5 Å². The maximum Gasteiger partial charge on any atom is 0.307 e. The van der Waals surface area contributed by atoms with E-state index >= 15 is 0 Å². The van der Waals surface area contributed by atoms with Crippen LogP contribution in [-0.2, 0) is 9.59 Å². The molecule has 21 heavy (non-hydrogen) atoms. The smallest absolute Gasteiger partial charge is 0.307 e. The number of nitrogens with zero attached hydrogens (tertiary/aromatic N) is 1.